The summed E-state index contributed by atoms with van der Waals surface area (Å²) in [6.45, 7) is 3.96. The van der Waals surface area contributed by atoms with E-state index in [1.54, 1.807) is 0 Å². The molecule has 1 heterocycles. The van der Waals surface area contributed by atoms with Crippen LogP contribution in [0.15, 0.2) is 59.6 Å². The van der Waals surface area contributed by atoms with E-state index in [0.717, 1.165) is 37.2 Å². The van der Waals surface area contributed by atoms with E-state index in [-0.39, 0.29) is 24.0 Å². The van der Waals surface area contributed by atoms with Gasteiger partial charge in [0.25, 0.3) is 0 Å². The van der Waals surface area contributed by atoms with Gasteiger partial charge >= 0.3 is 0 Å². The topological polar surface area (TPSA) is 30.9 Å². The molecule has 1 fully saturated rings. The molecule has 1 unspecified atom stereocenters. The molecule has 0 aliphatic carbocycles. The number of hydrogen-bond acceptors (Lipinski definition) is 2. The number of halogens is 2. The summed E-state index contributed by atoms with van der Waals surface area (Å²) in [6, 6.07) is 18.6. The van der Waals surface area contributed by atoms with Crippen LogP contribution in [0.1, 0.15) is 12.0 Å². The van der Waals surface area contributed by atoms with Crippen molar-refractivity contribution in [2.45, 2.75) is 13.0 Å². The second-order valence-electron chi connectivity index (χ2n) is 6.85. The van der Waals surface area contributed by atoms with Crippen molar-refractivity contribution in [3.05, 3.63) is 65.2 Å². The minimum Gasteiger partial charge on any atom is -0.371 e. The van der Waals surface area contributed by atoms with Crippen molar-refractivity contribution >= 4 is 47.2 Å². The molecule has 2 aromatic carbocycles. The zero-order chi connectivity index (χ0) is 18.4. The van der Waals surface area contributed by atoms with Crippen LogP contribution >= 0.6 is 35.6 Å². The largest absolute Gasteiger partial charge is 0.371 e. The monoisotopic (exact) mass is 498 g/mol. The molecule has 0 aromatic heterocycles. The summed E-state index contributed by atoms with van der Waals surface area (Å²) in [5.74, 6) is 1.56. The minimum atomic E-state index is 0. The third kappa shape index (κ3) is 6.28. The Morgan fingerprint density at radius 2 is 1.89 bits per heavy atom. The van der Waals surface area contributed by atoms with Crippen molar-refractivity contribution in [3.63, 3.8) is 0 Å². The summed E-state index contributed by atoms with van der Waals surface area (Å²) in [7, 11) is 3.90. The minimum absolute atomic E-state index is 0. The van der Waals surface area contributed by atoms with Crippen molar-refractivity contribution < 1.29 is 0 Å². The number of para-hydroxylation sites is 1. The zero-order valence-electron chi connectivity index (χ0n) is 15.9. The molecule has 2 aromatic rings. The molecule has 1 atom stereocenters. The molecule has 0 saturated carbocycles. The third-order valence-corrected chi connectivity index (χ3v) is 5.11. The van der Waals surface area contributed by atoms with Crippen LogP contribution in [0.2, 0.25) is 5.02 Å². The Kier molecular flexibility index (Phi) is 8.70. The molecule has 3 rings (SSSR count). The Morgan fingerprint density at radius 1 is 1.19 bits per heavy atom. The molecule has 146 valence electrons. The van der Waals surface area contributed by atoms with E-state index in [1.165, 1.54) is 17.7 Å². The number of nitrogens with one attached hydrogen (secondary N) is 1. The Morgan fingerprint density at radius 3 is 2.56 bits per heavy atom. The molecule has 6 heteroatoms. The average Bonchev–Trinajstić information content (AvgIpc) is 3.14. The van der Waals surface area contributed by atoms with Gasteiger partial charge in [-0.1, -0.05) is 41.9 Å². The first kappa shape index (κ1) is 21.8. The van der Waals surface area contributed by atoms with Gasteiger partial charge in [-0.3, -0.25) is 4.99 Å². The molecular weight excluding hydrogens is 471 g/mol. The Bertz CT molecular complexity index is 721. The fourth-order valence-electron chi connectivity index (χ4n) is 3.43. The van der Waals surface area contributed by atoms with Crippen molar-refractivity contribution in [1.29, 1.82) is 0 Å². The summed E-state index contributed by atoms with van der Waals surface area (Å²) in [4.78, 5) is 9.04. The molecule has 4 nitrogen and oxygen atoms in total. The van der Waals surface area contributed by atoms with E-state index in [9.17, 15) is 0 Å². The van der Waals surface area contributed by atoms with E-state index in [1.807, 2.05) is 19.2 Å². The summed E-state index contributed by atoms with van der Waals surface area (Å²) < 4.78 is 0. The molecule has 1 N–H and O–H groups in total. The lowest BCUT2D eigenvalue weighted by Gasteiger charge is -2.24. The van der Waals surface area contributed by atoms with Gasteiger partial charge in [-0.05, 0) is 42.2 Å². The molecule has 1 aliphatic heterocycles. The lowest BCUT2D eigenvalue weighted by Crippen LogP contribution is -2.41. The van der Waals surface area contributed by atoms with E-state index in [0.29, 0.717) is 5.92 Å². The smallest absolute Gasteiger partial charge is 0.193 e. The number of anilines is 1. The molecular formula is C21H28ClIN4. The van der Waals surface area contributed by atoms with Crippen LogP contribution in [0.25, 0.3) is 0 Å². The van der Waals surface area contributed by atoms with Crippen molar-refractivity contribution in [2.75, 3.05) is 38.6 Å². The maximum atomic E-state index is 5.96. The van der Waals surface area contributed by atoms with E-state index < -0.39 is 0 Å². The van der Waals surface area contributed by atoms with Crippen LogP contribution in [0.4, 0.5) is 5.69 Å². The Balaban J connectivity index is 0.00000261. The quantitative estimate of drug-likeness (QED) is 0.374. The highest BCUT2D eigenvalue weighted by molar-refractivity contribution is 14.0. The van der Waals surface area contributed by atoms with Crippen molar-refractivity contribution in [1.82, 2.24) is 10.2 Å². The molecule has 0 radical (unpaired) electrons. The first-order chi connectivity index (χ1) is 12.7. The number of rotatable bonds is 5. The van der Waals surface area contributed by atoms with Crippen LogP contribution in [-0.2, 0) is 6.54 Å². The molecule has 0 bridgehead atoms. The van der Waals surface area contributed by atoms with Crippen LogP contribution in [0.3, 0.4) is 0 Å². The summed E-state index contributed by atoms with van der Waals surface area (Å²) in [5, 5.41) is 4.30. The summed E-state index contributed by atoms with van der Waals surface area (Å²) in [5.41, 5.74) is 2.54. The molecule has 0 spiro atoms. The lowest BCUT2D eigenvalue weighted by molar-refractivity contribution is 0.462. The maximum absolute atomic E-state index is 5.96. The SMILES string of the molecule is CN=C(NCC1CCN(c2ccccc2)C1)N(C)Cc1ccc(Cl)cc1.I. The highest BCUT2D eigenvalue weighted by Gasteiger charge is 2.23. The summed E-state index contributed by atoms with van der Waals surface area (Å²) >= 11 is 5.96. The van der Waals surface area contributed by atoms with Gasteiger partial charge < -0.3 is 15.1 Å². The average molecular weight is 499 g/mol. The van der Waals surface area contributed by atoms with Gasteiger partial charge in [0.05, 0.1) is 0 Å². The number of hydrogen-bond donors (Lipinski definition) is 1. The predicted octanol–water partition coefficient (Wildman–Crippen LogP) is 4.49. The predicted molar refractivity (Wildman–Crippen MR) is 126 cm³/mol. The molecule has 27 heavy (non-hydrogen) atoms. The molecule has 1 aliphatic rings. The Hall–Kier alpha value is -1.47. The van der Waals surface area contributed by atoms with Crippen LogP contribution in [-0.4, -0.2) is 44.6 Å². The summed E-state index contributed by atoms with van der Waals surface area (Å²) in [6.07, 6.45) is 1.21. The van der Waals surface area contributed by atoms with Gasteiger partial charge in [-0.2, -0.15) is 0 Å². The van der Waals surface area contributed by atoms with E-state index in [4.69, 9.17) is 11.6 Å². The van der Waals surface area contributed by atoms with Crippen molar-refractivity contribution in [2.24, 2.45) is 10.9 Å². The first-order valence-corrected chi connectivity index (χ1v) is 9.49. The van der Waals surface area contributed by atoms with Crippen LogP contribution in [0, 0.1) is 5.92 Å². The standard InChI is InChI=1S/C21H27ClN4.HI/c1-23-21(25(2)15-17-8-10-19(22)11-9-17)24-14-18-12-13-26(16-18)20-6-4-3-5-7-20;/h3-11,18H,12-16H2,1-2H3,(H,23,24);1H. The number of guanidine groups is 1. The zero-order valence-corrected chi connectivity index (χ0v) is 19.0. The second kappa shape index (κ2) is 10.8. The Labute approximate surface area is 184 Å². The van der Waals surface area contributed by atoms with Gasteiger partial charge in [0, 0.05) is 51.0 Å². The van der Waals surface area contributed by atoms with Gasteiger partial charge in [0.2, 0.25) is 0 Å². The highest BCUT2D eigenvalue weighted by Crippen LogP contribution is 2.23. The number of aliphatic imine (C=N–C) groups is 1. The molecule has 1 saturated heterocycles. The lowest BCUT2D eigenvalue weighted by atomic mass is 10.1. The maximum Gasteiger partial charge on any atom is 0.193 e. The third-order valence-electron chi connectivity index (χ3n) is 4.86. The number of benzene rings is 2. The molecule has 0 amide bonds. The van der Waals surface area contributed by atoms with Gasteiger partial charge in [-0.25, -0.2) is 0 Å². The van der Waals surface area contributed by atoms with Crippen LogP contribution < -0.4 is 10.2 Å². The van der Waals surface area contributed by atoms with Crippen LogP contribution in [0.5, 0.6) is 0 Å². The fourth-order valence-corrected chi connectivity index (χ4v) is 3.56. The first-order valence-electron chi connectivity index (χ1n) is 9.12. The highest BCUT2D eigenvalue weighted by atomic mass is 127. The second-order valence-corrected chi connectivity index (χ2v) is 7.28. The van der Waals surface area contributed by atoms with Gasteiger partial charge in [-0.15, -0.1) is 24.0 Å². The van der Waals surface area contributed by atoms with Crippen molar-refractivity contribution in [3.8, 4) is 0 Å². The van der Waals surface area contributed by atoms with Gasteiger partial charge in [0.15, 0.2) is 5.96 Å². The normalized spacial score (nSPS) is 16.8. The van der Waals surface area contributed by atoms with E-state index >= 15 is 0 Å². The van der Waals surface area contributed by atoms with E-state index in [2.05, 4.69) is 69.6 Å². The fraction of sp³-hybridized carbons (Fsp3) is 0.381. The van der Waals surface area contributed by atoms with Gasteiger partial charge in [0.1, 0.15) is 0 Å². The number of nitrogens with zero attached hydrogens (tertiary/aromatic N) is 3.